The Bertz CT molecular complexity index is 855. The van der Waals surface area contributed by atoms with E-state index in [2.05, 4.69) is 41.4 Å². The molecule has 3 aromatic heterocycles. The Morgan fingerprint density at radius 1 is 1.35 bits per heavy atom. The molecule has 26 heavy (non-hydrogen) atoms. The van der Waals surface area contributed by atoms with E-state index in [4.69, 9.17) is 0 Å². The Balaban J connectivity index is 1.65. The summed E-state index contributed by atoms with van der Waals surface area (Å²) in [6.45, 7) is 6.98. The van der Waals surface area contributed by atoms with E-state index in [1.54, 1.807) is 17.5 Å². The van der Waals surface area contributed by atoms with Crippen molar-refractivity contribution in [3.05, 3.63) is 29.8 Å². The highest BCUT2D eigenvalue weighted by molar-refractivity contribution is 7.99. The minimum Gasteiger partial charge on any atom is -0.310 e. The molecule has 0 fully saturated rings. The largest absolute Gasteiger partial charge is 0.310 e. The van der Waals surface area contributed by atoms with E-state index in [9.17, 15) is 4.79 Å². The zero-order valence-corrected chi connectivity index (χ0v) is 16.7. The van der Waals surface area contributed by atoms with Gasteiger partial charge in [0.1, 0.15) is 5.82 Å². The van der Waals surface area contributed by atoms with Crippen molar-refractivity contribution in [2.45, 2.75) is 44.9 Å². The smallest absolute Gasteiger partial charge is 0.235 e. The summed E-state index contributed by atoms with van der Waals surface area (Å²) in [6.07, 6.45) is 2.65. The van der Waals surface area contributed by atoms with Crippen LogP contribution < -0.4 is 5.32 Å². The number of anilines is 1. The van der Waals surface area contributed by atoms with Gasteiger partial charge in [-0.05, 0) is 31.7 Å². The van der Waals surface area contributed by atoms with Gasteiger partial charge in [-0.2, -0.15) is 5.10 Å². The van der Waals surface area contributed by atoms with Gasteiger partial charge in [0.05, 0.1) is 22.9 Å². The van der Waals surface area contributed by atoms with E-state index >= 15 is 0 Å². The Labute approximate surface area is 160 Å². The molecule has 1 amide bonds. The zero-order valence-electron chi connectivity index (χ0n) is 15.0. The molecule has 0 aromatic carbocycles. The van der Waals surface area contributed by atoms with Gasteiger partial charge < -0.3 is 9.88 Å². The number of rotatable bonds is 8. The normalized spacial score (nSPS) is 12.3. The van der Waals surface area contributed by atoms with Crippen LogP contribution in [0.1, 0.15) is 33.2 Å². The van der Waals surface area contributed by atoms with Crippen molar-refractivity contribution >= 4 is 34.8 Å². The number of thioether (sulfide) groups is 1. The molecule has 0 saturated carbocycles. The first-order valence-electron chi connectivity index (χ1n) is 8.57. The molecule has 3 aromatic rings. The van der Waals surface area contributed by atoms with Crippen molar-refractivity contribution in [1.29, 1.82) is 0 Å². The summed E-state index contributed by atoms with van der Waals surface area (Å²) in [5.41, 5.74) is 0. The van der Waals surface area contributed by atoms with Crippen LogP contribution in [0, 0.1) is 0 Å². The quantitative estimate of drug-likeness (QED) is 0.590. The van der Waals surface area contributed by atoms with Crippen LogP contribution in [0.3, 0.4) is 0 Å². The van der Waals surface area contributed by atoms with Crippen LogP contribution in [0.25, 0.3) is 10.7 Å². The summed E-state index contributed by atoms with van der Waals surface area (Å²) >= 11 is 3.02. The van der Waals surface area contributed by atoms with Crippen LogP contribution in [-0.4, -0.2) is 36.2 Å². The Morgan fingerprint density at radius 3 is 2.88 bits per heavy atom. The molecule has 0 aliphatic carbocycles. The first-order chi connectivity index (χ1) is 12.6. The van der Waals surface area contributed by atoms with Crippen molar-refractivity contribution in [2.24, 2.45) is 0 Å². The van der Waals surface area contributed by atoms with Gasteiger partial charge in [-0.25, -0.2) is 4.68 Å². The summed E-state index contributed by atoms with van der Waals surface area (Å²) < 4.78 is 3.87. The second-order valence-electron chi connectivity index (χ2n) is 5.78. The van der Waals surface area contributed by atoms with E-state index in [-0.39, 0.29) is 17.7 Å². The maximum atomic E-state index is 12.4. The number of hydrogen-bond donors (Lipinski definition) is 1. The second-order valence-corrected chi connectivity index (χ2v) is 7.67. The second kappa shape index (κ2) is 8.50. The first kappa shape index (κ1) is 18.7. The van der Waals surface area contributed by atoms with Crippen LogP contribution in [-0.2, 0) is 11.3 Å². The van der Waals surface area contributed by atoms with Crippen molar-refractivity contribution in [2.75, 3.05) is 11.1 Å². The monoisotopic (exact) mass is 390 g/mol. The number of thiophene rings is 1. The number of aromatic nitrogens is 5. The zero-order chi connectivity index (χ0) is 18.5. The number of nitrogens with zero attached hydrogens (tertiary/aromatic N) is 5. The average molecular weight is 391 g/mol. The molecule has 9 heteroatoms. The molecule has 1 atom stereocenters. The third-order valence-corrected chi connectivity index (χ3v) is 5.89. The molecule has 3 heterocycles. The molecule has 3 rings (SSSR count). The van der Waals surface area contributed by atoms with Crippen LogP contribution >= 0.6 is 23.1 Å². The minimum atomic E-state index is -0.0802. The highest BCUT2D eigenvalue weighted by Crippen LogP contribution is 2.27. The van der Waals surface area contributed by atoms with E-state index in [0.29, 0.717) is 0 Å². The standard InChI is InChI=1S/C17H22N6OS2/c1-4-12(3)23-14(8-9-18-23)19-15(24)11-26-17-21-20-16(22(17)5-2)13-7-6-10-25-13/h6-10,12H,4-5,11H2,1-3H3,(H,19,24). The topological polar surface area (TPSA) is 77.6 Å². The summed E-state index contributed by atoms with van der Waals surface area (Å²) in [5, 5.41) is 18.5. The fourth-order valence-corrected chi connectivity index (χ4v) is 4.03. The van der Waals surface area contributed by atoms with Gasteiger partial charge in [0.2, 0.25) is 5.91 Å². The fraction of sp³-hybridized carbons (Fsp3) is 0.412. The Kier molecular flexibility index (Phi) is 6.10. The molecule has 0 radical (unpaired) electrons. The third kappa shape index (κ3) is 3.99. The predicted molar refractivity (Wildman–Crippen MR) is 106 cm³/mol. The maximum Gasteiger partial charge on any atom is 0.235 e. The number of carbonyl (C=O) groups excluding carboxylic acids is 1. The SMILES string of the molecule is CCC(C)n1nccc1NC(=O)CSc1nnc(-c2cccs2)n1CC. The van der Waals surface area contributed by atoms with Gasteiger partial charge in [0.25, 0.3) is 0 Å². The molecular formula is C17H22N6OS2. The van der Waals surface area contributed by atoms with E-state index in [1.807, 2.05) is 32.8 Å². The minimum absolute atomic E-state index is 0.0802. The lowest BCUT2D eigenvalue weighted by molar-refractivity contribution is -0.113. The average Bonchev–Trinajstić information content (AvgIpc) is 3.38. The lowest BCUT2D eigenvalue weighted by atomic mass is 10.3. The molecule has 0 saturated heterocycles. The van der Waals surface area contributed by atoms with Crippen LogP contribution in [0.5, 0.6) is 0 Å². The highest BCUT2D eigenvalue weighted by atomic mass is 32.2. The number of carbonyl (C=O) groups is 1. The van der Waals surface area contributed by atoms with Gasteiger partial charge in [-0.3, -0.25) is 4.79 Å². The highest BCUT2D eigenvalue weighted by Gasteiger charge is 2.16. The molecule has 138 valence electrons. The van der Waals surface area contributed by atoms with Gasteiger partial charge in [-0.1, -0.05) is 24.8 Å². The lowest BCUT2D eigenvalue weighted by Crippen LogP contribution is -2.19. The summed E-state index contributed by atoms with van der Waals surface area (Å²) in [4.78, 5) is 13.4. The van der Waals surface area contributed by atoms with Crippen molar-refractivity contribution in [3.8, 4) is 10.7 Å². The molecule has 7 nitrogen and oxygen atoms in total. The first-order valence-corrected chi connectivity index (χ1v) is 10.4. The fourth-order valence-electron chi connectivity index (χ4n) is 2.52. The van der Waals surface area contributed by atoms with Crippen LogP contribution in [0.2, 0.25) is 0 Å². The van der Waals surface area contributed by atoms with Gasteiger partial charge in [-0.15, -0.1) is 21.5 Å². The Morgan fingerprint density at radius 2 is 2.19 bits per heavy atom. The lowest BCUT2D eigenvalue weighted by Gasteiger charge is -2.14. The summed E-state index contributed by atoms with van der Waals surface area (Å²) in [7, 11) is 0. The number of hydrogen-bond acceptors (Lipinski definition) is 6. The summed E-state index contributed by atoms with van der Waals surface area (Å²) in [6, 6.07) is 6.08. The molecule has 0 aliphatic heterocycles. The van der Waals surface area contributed by atoms with E-state index in [0.717, 1.165) is 34.6 Å². The van der Waals surface area contributed by atoms with Gasteiger partial charge in [0.15, 0.2) is 11.0 Å². The summed E-state index contributed by atoms with van der Waals surface area (Å²) in [5.74, 6) is 1.76. The molecule has 0 aliphatic rings. The van der Waals surface area contributed by atoms with Gasteiger partial charge >= 0.3 is 0 Å². The van der Waals surface area contributed by atoms with E-state index < -0.39 is 0 Å². The van der Waals surface area contributed by atoms with Crippen molar-refractivity contribution < 1.29 is 4.79 Å². The van der Waals surface area contributed by atoms with Crippen molar-refractivity contribution in [1.82, 2.24) is 24.5 Å². The van der Waals surface area contributed by atoms with Gasteiger partial charge in [0, 0.05) is 12.6 Å². The maximum absolute atomic E-state index is 12.4. The predicted octanol–water partition coefficient (Wildman–Crippen LogP) is 3.92. The molecule has 1 N–H and O–H groups in total. The van der Waals surface area contributed by atoms with Crippen LogP contribution in [0.15, 0.2) is 34.9 Å². The Hall–Kier alpha value is -2.13. The van der Waals surface area contributed by atoms with Crippen molar-refractivity contribution in [3.63, 3.8) is 0 Å². The molecule has 0 spiro atoms. The third-order valence-electron chi connectivity index (χ3n) is 4.05. The molecular weight excluding hydrogens is 368 g/mol. The molecule has 0 bridgehead atoms. The van der Waals surface area contributed by atoms with Crippen LogP contribution in [0.4, 0.5) is 5.82 Å². The van der Waals surface area contributed by atoms with E-state index in [1.165, 1.54) is 11.8 Å². The molecule has 1 unspecified atom stereocenters. The number of nitrogens with one attached hydrogen (secondary N) is 1. The number of amides is 1.